The standard InChI is InChI=1S/C21H22O/c1-3-17-5-9-19(10-6-17)13-15-21(22)16-14-20-11-7-18(4-2)8-12-20/h3-12H,1-2,13-16H2. The fourth-order valence-electron chi connectivity index (χ4n) is 2.33. The van der Waals surface area contributed by atoms with Crippen LogP contribution >= 0.6 is 0 Å². The Morgan fingerprint density at radius 3 is 1.41 bits per heavy atom. The molecular formula is C21H22O. The Morgan fingerprint density at radius 2 is 1.09 bits per heavy atom. The minimum absolute atomic E-state index is 0.320. The van der Waals surface area contributed by atoms with Crippen molar-refractivity contribution in [2.75, 3.05) is 0 Å². The van der Waals surface area contributed by atoms with Crippen LogP contribution in [0.3, 0.4) is 0 Å². The van der Waals surface area contributed by atoms with E-state index in [0.29, 0.717) is 18.6 Å². The van der Waals surface area contributed by atoms with Gasteiger partial charge in [-0.2, -0.15) is 0 Å². The normalized spacial score (nSPS) is 10.2. The quantitative estimate of drug-likeness (QED) is 0.660. The molecule has 0 aromatic heterocycles. The molecule has 0 unspecified atom stereocenters. The van der Waals surface area contributed by atoms with E-state index in [1.807, 2.05) is 36.4 Å². The number of aryl methyl sites for hydroxylation is 2. The highest BCUT2D eigenvalue weighted by Crippen LogP contribution is 2.11. The maximum atomic E-state index is 12.0. The van der Waals surface area contributed by atoms with Gasteiger partial charge >= 0.3 is 0 Å². The highest BCUT2D eigenvalue weighted by atomic mass is 16.1. The zero-order valence-electron chi connectivity index (χ0n) is 12.9. The molecule has 0 aliphatic heterocycles. The summed E-state index contributed by atoms with van der Waals surface area (Å²) in [5, 5.41) is 0. The highest BCUT2D eigenvalue weighted by molar-refractivity contribution is 5.78. The fraction of sp³-hybridized carbons (Fsp3) is 0.190. The van der Waals surface area contributed by atoms with E-state index in [1.54, 1.807) is 0 Å². The zero-order chi connectivity index (χ0) is 15.8. The summed E-state index contributed by atoms with van der Waals surface area (Å²) in [6.45, 7) is 7.48. The van der Waals surface area contributed by atoms with Crippen molar-refractivity contribution in [3.8, 4) is 0 Å². The largest absolute Gasteiger partial charge is 0.300 e. The van der Waals surface area contributed by atoms with Crippen molar-refractivity contribution in [1.29, 1.82) is 0 Å². The second-order valence-electron chi connectivity index (χ2n) is 5.43. The van der Waals surface area contributed by atoms with E-state index >= 15 is 0 Å². The van der Waals surface area contributed by atoms with Crippen LogP contribution in [0.5, 0.6) is 0 Å². The molecule has 0 saturated carbocycles. The van der Waals surface area contributed by atoms with Crippen LogP contribution in [0.1, 0.15) is 35.1 Å². The first-order chi connectivity index (χ1) is 10.7. The second kappa shape index (κ2) is 8.14. The summed E-state index contributed by atoms with van der Waals surface area (Å²) >= 11 is 0. The van der Waals surface area contributed by atoms with Crippen molar-refractivity contribution < 1.29 is 4.79 Å². The van der Waals surface area contributed by atoms with Crippen molar-refractivity contribution in [1.82, 2.24) is 0 Å². The third kappa shape index (κ3) is 4.85. The SMILES string of the molecule is C=Cc1ccc(CCC(=O)CCc2ccc(C=C)cc2)cc1. The molecule has 2 aromatic carbocycles. The summed E-state index contributed by atoms with van der Waals surface area (Å²) < 4.78 is 0. The molecule has 0 bridgehead atoms. The first kappa shape index (κ1) is 16.0. The van der Waals surface area contributed by atoms with E-state index in [-0.39, 0.29) is 0 Å². The van der Waals surface area contributed by atoms with Gasteiger partial charge < -0.3 is 0 Å². The lowest BCUT2D eigenvalue weighted by Crippen LogP contribution is -2.02. The van der Waals surface area contributed by atoms with Crippen molar-refractivity contribution in [3.63, 3.8) is 0 Å². The lowest BCUT2D eigenvalue weighted by molar-refractivity contribution is -0.119. The number of Topliss-reactive ketones (excluding diaryl/α,β-unsaturated/α-hetero) is 1. The van der Waals surface area contributed by atoms with Crippen LogP contribution in [-0.4, -0.2) is 5.78 Å². The minimum Gasteiger partial charge on any atom is -0.300 e. The predicted octanol–water partition coefficient (Wildman–Crippen LogP) is 5.11. The van der Waals surface area contributed by atoms with Gasteiger partial charge in [0.25, 0.3) is 0 Å². The van der Waals surface area contributed by atoms with E-state index in [4.69, 9.17) is 0 Å². The summed E-state index contributed by atoms with van der Waals surface area (Å²) in [7, 11) is 0. The Hall–Kier alpha value is -2.41. The van der Waals surface area contributed by atoms with Gasteiger partial charge in [-0.15, -0.1) is 0 Å². The van der Waals surface area contributed by atoms with Gasteiger partial charge in [0.1, 0.15) is 5.78 Å². The Kier molecular flexibility index (Phi) is 5.91. The number of hydrogen-bond donors (Lipinski definition) is 0. The minimum atomic E-state index is 0.320. The Morgan fingerprint density at radius 1 is 0.727 bits per heavy atom. The smallest absolute Gasteiger partial charge is 0.133 e. The lowest BCUT2D eigenvalue weighted by Gasteiger charge is -2.04. The molecule has 1 heteroatoms. The van der Waals surface area contributed by atoms with Crippen molar-refractivity contribution in [3.05, 3.63) is 83.9 Å². The monoisotopic (exact) mass is 290 g/mol. The van der Waals surface area contributed by atoms with Crippen LogP contribution in [0.2, 0.25) is 0 Å². The number of carbonyl (C=O) groups is 1. The third-order valence-electron chi connectivity index (χ3n) is 3.82. The molecule has 1 nitrogen and oxygen atoms in total. The summed E-state index contributed by atoms with van der Waals surface area (Å²) in [5.41, 5.74) is 4.62. The average molecular weight is 290 g/mol. The molecule has 22 heavy (non-hydrogen) atoms. The first-order valence-corrected chi connectivity index (χ1v) is 7.65. The maximum absolute atomic E-state index is 12.0. The first-order valence-electron chi connectivity index (χ1n) is 7.65. The van der Waals surface area contributed by atoms with Gasteiger partial charge in [0.15, 0.2) is 0 Å². The van der Waals surface area contributed by atoms with Gasteiger partial charge in [0, 0.05) is 12.8 Å². The Balaban J connectivity index is 1.77. The van der Waals surface area contributed by atoms with Gasteiger partial charge in [-0.25, -0.2) is 0 Å². The molecule has 0 radical (unpaired) electrons. The Bertz CT molecular complexity index is 575. The molecule has 0 atom stereocenters. The van der Waals surface area contributed by atoms with Gasteiger partial charge in [-0.05, 0) is 35.1 Å². The molecular weight excluding hydrogens is 268 g/mol. The maximum Gasteiger partial charge on any atom is 0.133 e. The second-order valence-corrected chi connectivity index (χ2v) is 5.43. The molecule has 2 rings (SSSR count). The van der Waals surface area contributed by atoms with Crippen LogP contribution in [0.4, 0.5) is 0 Å². The van der Waals surface area contributed by atoms with Gasteiger partial charge in [-0.3, -0.25) is 4.79 Å². The van der Waals surface area contributed by atoms with Crippen LogP contribution < -0.4 is 0 Å². The topological polar surface area (TPSA) is 17.1 Å². The average Bonchev–Trinajstić information content (AvgIpc) is 2.59. The van der Waals surface area contributed by atoms with E-state index in [0.717, 1.165) is 24.0 Å². The van der Waals surface area contributed by atoms with Gasteiger partial charge in [-0.1, -0.05) is 73.8 Å². The van der Waals surface area contributed by atoms with Gasteiger partial charge in [0.05, 0.1) is 0 Å². The molecule has 2 aromatic rings. The van der Waals surface area contributed by atoms with Crippen molar-refractivity contribution in [2.24, 2.45) is 0 Å². The van der Waals surface area contributed by atoms with Crippen molar-refractivity contribution in [2.45, 2.75) is 25.7 Å². The van der Waals surface area contributed by atoms with E-state index < -0.39 is 0 Å². The number of hydrogen-bond acceptors (Lipinski definition) is 1. The summed E-state index contributed by atoms with van der Waals surface area (Å²) in [6.07, 6.45) is 6.49. The van der Waals surface area contributed by atoms with Crippen LogP contribution in [0.15, 0.2) is 61.7 Å². The third-order valence-corrected chi connectivity index (χ3v) is 3.82. The Labute approximate surface area is 133 Å². The van der Waals surface area contributed by atoms with E-state index in [9.17, 15) is 4.79 Å². The van der Waals surface area contributed by atoms with Crippen molar-refractivity contribution >= 4 is 17.9 Å². The molecule has 0 amide bonds. The van der Waals surface area contributed by atoms with Crippen LogP contribution in [0, 0.1) is 0 Å². The molecule has 0 aliphatic rings. The van der Waals surface area contributed by atoms with E-state index in [2.05, 4.69) is 37.4 Å². The molecule has 0 aliphatic carbocycles. The summed E-state index contributed by atoms with van der Waals surface area (Å²) in [5.74, 6) is 0.320. The molecule has 112 valence electrons. The summed E-state index contributed by atoms with van der Waals surface area (Å²) in [6, 6.07) is 16.4. The summed E-state index contributed by atoms with van der Waals surface area (Å²) in [4.78, 5) is 12.0. The zero-order valence-corrected chi connectivity index (χ0v) is 12.9. The van der Waals surface area contributed by atoms with Gasteiger partial charge in [0.2, 0.25) is 0 Å². The number of rotatable bonds is 8. The molecule has 0 spiro atoms. The number of benzene rings is 2. The molecule has 0 N–H and O–H groups in total. The molecule has 0 fully saturated rings. The van der Waals surface area contributed by atoms with Crippen LogP contribution in [-0.2, 0) is 17.6 Å². The fourth-order valence-corrected chi connectivity index (χ4v) is 2.33. The molecule has 0 heterocycles. The molecule has 0 saturated heterocycles. The number of carbonyl (C=O) groups excluding carboxylic acids is 1. The number of ketones is 1. The van der Waals surface area contributed by atoms with E-state index in [1.165, 1.54) is 11.1 Å². The highest BCUT2D eigenvalue weighted by Gasteiger charge is 2.04. The lowest BCUT2D eigenvalue weighted by atomic mass is 10.0. The van der Waals surface area contributed by atoms with Crippen LogP contribution in [0.25, 0.3) is 12.2 Å². The predicted molar refractivity (Wildman–Crippen MR) is 94.7 cm³/mol.